The molecule has 0 aromatic rings. The van der Waals surface area contributed by atoms with E-state index in [9.17, 15) is 38.8 Å². The predicted octanol–water partition coefficient (Wildman–Crippen LogP) is 0.524. The van der Waals surface area contributed by atoms with Crippen LogP contribution in [0.5, 0.6) is 0 Å². The van der Waals surface area contributed by atoms with Gasteiger partial charge in [-0.05, 0) is 0 Å². The van der Waals surface area contributed by atoms with E-state index in [0.29, 0.717) is 6.92 Å². The number of rotatable bonds is 4. The average molecular weight is 283 g/mol. The van der Waals surface area contributed by atoms with E-state index in [1.54, 1.807) is 0 Å². The number of halogens is 5. The zero-order valence-corrected chi connectivity index (χ0v) is 9.63. The molecule has 0 bridgehead atoms. The van der Waals surface area contributed by atoms with Gasteiger partial charge in [-0.1, -0.05) is 0 Å². The van der Waals surface area contributed by atoms with Gasteiger partial charge in [-0.15, -0.1) is 0 Å². The topological polar surface area (TPSA) is 68.3 Å². The van der Waals surface area contributed by atoms with Crippen LogP contribution in [0, 0.1) is 0 Å². The SMILES string of the molecule is CC(F)[S](=O)(=O)[Li][S](=O)(=O)C(F)C(F)(F)F. The van der Waals surface area contributed by atoms with Gasteiger partial charge in [0.1, 0.15) is 0 Å². The van der Waals surface area contributed by atoms with Crippen LogP contribution in [0.15, 0.2) is 0 Å². The molecule has 16 heavy (non-hydrogen) atoms. The number of hydrogen-bond donors (Lipinski definition) is 0. The molecule has 0 aromatic heterocycles. The van der Waals surface area contributed by atoms with Crippen LogP contribution < -0.4 is 0 Å². The van der Waals surface area contributed by atoms with Gasteiger partial charge in [-0.3, -0.25) is 0 Å². The zero-order valence-electron chi connectivity index (χ0n) is 7.99. The van der Waals surface area contributed by atoms with Crippen LogP contribution in [-0.2, 0) is 15.9 Å². The van der Waals surface area contributed by atoms with E-state index in [0.717, 1.165) is 0 Å². The van der Waals surface area contributed by atoms with Crippen molar-refractivity contribution >= 4 is 30.1 Å². The van der Waals surface area contributed by atoms with Crippen LogP contribution in [0.2, 0.25) is 0 Å². The summed E-state index contributed by atoms with van der Waals surface area (Å²) in [5.74, 6) is 0. The minimum atomic E-state index is -5.71. The molecule has 0 aromatic carbocycles. The molecule has 0 N–H and O–H groups in total. The Balaban J connectivity index is 5.16. The van der Waals surface area contributed by atoms with E-state index in [1.165, 1.54) is 0 Å². The molecule has 2 atom stereocenters. The molecule has 0 fully saturated rings. The molecule has 0 aliphatic heterocycles. The molecule has 0 rings (SSSR count). The maximum atomic E-state index is 12.4. The first-order valence-electron chi connectivity index (χ1n) is 3.82. The second kappa shape index (κ2) is 4.79. The van der Waals surface area contributed by atoms with Gasteiger partial charge in [0.25, 0.3) is 0 Å². The van der Waals surface area contributed by atoms with Crippen LogP contribution in [0.4, 0.5) is 22.0 Å². The van der Waals surface area contributed by atoms with E-state index in [1.807, 2.05) is 0 Å². The fourth-order valence-electron chi connectivity index (χ4n) is 0.784. The Labute approximate surface area is 93.1 Å². The normalized spacial score (nSPS) is 18.1. The summed E-state index contributed by atoms with van der Waals surface area (Å²) in [6, 6.07) is 0. The first-order chi connectivity index (χ1) is 6.81. The van der Waals surface area contributed by atoms with Crippen LogP contribution >= 0.6 is 0 Å². The van der Waals surface area contributed by atoms with Gasteiger partial charge in [-0.2, -0.15) is 0 Å². The fourth-order valence-corrected chi connectivity index (χ4v) is 5.60. The van der Waals surface area contributed by atoms with E-state index in [4.69, 9.17) is 0 Å². The van der Waals surface area contributed by atoms with Gasteiger partial charge in [0, 0.05) is 0 Å². The van der Waals surface area contributed by atoms with Crippen LogP contribution in [0.25, 0.3) is 0 Å². The molecule has 0 saturated carbocycles. The fraction of sp³-hybridized carbons (Fsp3) is 1.00. The summed E-state index contributed by atoms with van der Waals surface area (Å²) in [5, 5.41) is 0. The molecule has 0 spiro atoms. The molecule has 0 amide bonds. The average Bonchev–Trinajstić information content (AvgIpc) is 1.98. The molecular weight excluding hydrogens is 278 g/mol. The second-order valence-corrected chi connectivity index (χ2v) is 8.94. The third-order valence-electron chi connectivity index (χ3n) is 1.69. The Kier molecular flexibility index (Phi) is 4.84. The first kappa shape index (κ1) is 16.1. The second-order valence-electron chi connectivity index (χ2n) is 3.23. The van der Waals surface area contributed by atoms with Gasteiger partial charge < -0.3 is 0 Å². The Bertz CT molecular complexity index is 438. The predicted molar refractivity (Wildman–Crippen MR) is 45.1 cm³/mol. The van der Waals surface area contributed by atoms with E-state index in [-0.39, 0.29) is 0 Å². The van der Waals surface area contributed by atoms with Crippen molar-refractivity contribution in [1.29, 1.82) is 0 Å². The van der Waals surface area contributed by atoms with Crippen molar-refractivity contribution in [3.05, 3.63) is 0 Å². The standard InChI is InChI=1S/C2HF4O2S.C2H4FO2S.Li/c3-1(9(7)8)2(4,5)6;1-2(3)6(4)5;/h1H;2H,1H3;. The van der Waals surface area contributed by atoms with E-state index in [2.05, 4.69) is 0 Å². The molecule has 0 aliphatic rings. The van der Waals surface area contributed by atoms with Gasteiger partial charge in [-0.25, -0.2) is 0 Å². The molecular formula is C4H5F5LiO4S2. The van der Waals surface area contributed by atoms with E-state index >= 15 is 0 Å². The Hall–Kier alpha value is 0.147. The van der Waals surface area contributed by atoms with Crippen LogP contribution in [0.3, 0.4) is 0 Å². The van der Waals surface area contributed by atoms with Crippen LogP contribution in [0.1, 0.15) is 6.92 Å². The van der Waals surface area contributed by atoms with Gasteiger partial charge in [0.05, 0.1) is 0 Å². The first-order valence-corrected chi connectivity index (χ1v) is 7.73. The number of alkyl halides is 5. The van der Waals surface area contributed by atoms with Gasteiger partial charge >= 0.3 is 93.0 Å². The number of hydrogen-bond acceptors (Lipinski definition) is 4. The summed E-state index contributed by atoms with van der Waals surface area (Å²) in [6.45, 7) is 0.454. The van der Waals surface area contributed by atoms with Crippen LogP contribution in [-0.4, -0.2) is 48.2 Å². The summed E-state index contributed by atoms with van der Waals surface area (Å²) < 4.78 is 103. The molecule has 5 radical (unpaired) electrons. The molecule has 93 valence electrons. The third-order valence-corrected chi connectivity index (χ3v) is 7.60. The summed E-state index contributed by atoms with van der Waals surface area (Å²) in [7, 11) is -10.3. The summed E-state index contributed by atoms with van der Waals surface area (Å²) in [4.78, 5) is 0. The summed E-state index contributed by atoms with van der Waals surface area (Å²) >= 11 is -3.49. The molecule has 0 saturated heterocycles. The summed E-state index contributed by atoms with van der Waals surface area (Å²) in [6.07, 6.45) is -5.71. The van der Waals surface area contributed by atoms with Crippen molar-refractivity contribution in [3.8, 4) is 0 Å². The monoisotopic (exact) mass is 283 g/mol. The minimum absolute atomic E-state index is 0.454. The zero-order chi connectivity index (χ0) is 13.4. The van der Waals surface area contributed by atoms with Crippen molar-refractivity contribution in [1.82, 2.24) is 0 Å². The van der Waals surface area contributed by atoms with Crippen molar-refractivity contribution in [3.63, 3.8) is 0 Å². The molecule has 4 nitrogen and oxygen atoms in total. The van der Waals surface area contributed by atoms with Gasteiger partial charge in [0.2, 0.25) is 0 Å². The van der Waals surface area contributed by atoms with Crippen molar-refractivity contribution < 1.29 is 38.8 Å². The van der Waals surface area contributed by atoms with Crippen molar-refractivity contribution in [2.24, 2.45) is 0 Å². The van der Waals surface area contributed by atoms with Crippen molar-refractivity contribution in [2.45, 2.75) is 24.1 Å². The Morgan fingerprint density at radius 1 is 1.00 bits per heavy atom. The molecule has 2 unspecified atom stereocenters. The van der Waals surface area contributed by atoms with Gasteiger partial charge in [0.15, 0.2) is 0 Å². The van der Waals surface area contributed by atoms with E-state index < -0.39 is 47.2 Å². The Morgan fingerprint density at radius 3 is 1.62 bits per heavy atom. The molecule has 0 aliphatic carbocycles. The third kappa shape index (κ3) is 4.19. The molecule has 12 heteroatoms. The van der Waals surface area contributed by atoms with Crippen molar-refractivity contribution in [2.75, 3.05) is 0 Å². The molecule has 0 heterocycles. The maximum absolute atomic E-state index is 12.4. The summed E-state index contributed by atoms with van der Waals surface area (Å²) in [5.41, 5.74) is -6.92. The Morgan fingerprint density at radius 2 is 1.38 bits per heavy atom. The quantitative estimate of drug-likeness (QED) is 0.557.